The minimum absolute atomic E-state index is 0.0868. The first-order valence-electron chi connectivity index (χ1n) is 7.41. The van der Waals surface area contributed by atoms with Crippen LogP contribution in [-0.4, -0.2) is 37.4 Å². The summed E-state index contributed by atoms with van der Waals surface area (Å²) in [6, 6.07) is 16.6. The van der Waals surface area contributed by atoms with Crippen LogP contribution in [0.5, 0.6) is 0 Å². The number of likely N-dealkylation sites (N-methyl/N-ethyl adjacent to an activating group) is 1. The number of benzene rings is 2. The molecule has 0 aliphatic carbocycles. The van der Waals surface area contributed by atoms with Crippen LogP contribution < -0.4 is 10.6 Å². The molecule has 0 aliphatic heterocycles. The van der Waals surface area contributed by atoms with Gasteiger partial charge in [-0.1, -0.05) is 30.3 Å². The van der Waals surface area contributed by atoms with Crippen LogP contribution in [0.1, 0.15) is 15.9 Å². The first-order valence-corrected chi connectivity index (χ1v) is 7.41. The van der Waals surface area contributed by atoms with E-state index in [2.05, 4.69) is 10.6 Å². The zero-order valence-electron chi connectivity index (χ0n) is 13.4. The number of carbonyl (C=O) groups excluding carboxylic acids is 2. The summed E-state index contributed by atoms with van der Waals surface area (Å²) in [5, 5.41) is 5.65. The molecule has 0 saturated heterocycles. The van der Waals surface area contributed by atoms with Crippen molar-refractivity contribution in [1.29, 1.82) is 0 Å². The van der Waals surface area contributed by atoms with Crippen molar-refractivity contribution >= 4 is 17.5 Å². The Hall–Kier alpha value is -2.66. The Morgan fingerprint density at radius 1 is 0.957 bits per heavy atom. The first kappa shape index (κ1) is 16.7. The molecule has 0 bridgehead atoms. The number of hydrogen-bond acceptors (Lipinski definition) is 3. The van der Waals surface area contributed by atoms with Gasteiger partial charge in [0, 0.05) is 17.8 Å². The number of anilines is 1. The van der Waals surface area contributed by atoms with Crippen molar-refractivity contribution in [3.8, 4) is 0 Å². The minimum Gasteiger partial charge on any atom is -0.348 e. The molecule has 2 N–H and O–H groups in total. The number of carbonyl (C=O) groups is 2. The molecule has 0 aliphatic rings. The smallest absolute Gasteiger partial charge is 0.251 e. The van der Waals surface area contributed by atoms with Crippen LogP contribution in [0.2, 0.25) is 0 Å². The van der Waals surface area contributed by atoms with Crippen molar-refractivity contribution in [2.24, 2.45) is 0 Å². The Balaban J connectivity index is 1.88. The number of nitrogens with one attached hydrogen (secondary N) is 2. The second-order valence-electron chi connectivity index (χ2n) is 5.53. The fraction of sp³-hybridized carbons (Fsp3) is 0.222. The van der Waals surface area contributed by atoms with Crippen LogP contribution >= 0.6 is 0 Å². The summed E-state index contributed by atoms with van der Waals surface area (Å²) in [7, 11) is 3.67. The van der Waals surface area contributed by atoms with E-state index in [1.165, 1.54) is 0 Å². The highest BCUT2D eigenvalue weighted by molar-refractivity contribution is 5.96. The van der Waals surface area contributed by atoms with Gasteiger partial charge in [-0.15, -0.1) is 0 Å². The molecule has 0 fully saturated rings. The molecule has 23 heavy (non-hydrogen) atoms. The molecule has 0 heterocycles. The van der Waals surface area contributed by atoms with E-state index in [0.29, 0.717) is 24.3 Å². The topological polar surface area (TPSA) is 61.4 Å². The first-order chi connectivity index (χ1) is 11.0. The molecule has 2 rings (SSSR count). The molecule has 0 spiro atoms. The molecule has 120 valence electrons. The van der Waals surface area contributed by atoms with Crippen molar-refractivity contribution in [2.75, 3.05) is 26.0 Å². The third-order valence-corrected chi connectivity index (χ3v) is 3.19. The maximum Gasteiger partial charge on any atom is 0.251 e. The summed E-state index contributed by atoms with van der Waals surface area (Å²) in [5.74, 6) is -0.226. The fourth-order valence-electron chi connectivity index (χ4n) is 2.07. The van der Waals surface area contributed by atoms with Gasteiger partial charge in [0.05, 0.1) is 6.54 Å². The molecule has 2 amide bonds. The van der Waals surface area contributed by atoms with Crippen LogP contribution in [0.15, 0.2) is 54.6 Å². The highest BCUT2D eigenvalue weighted by Gasteiger charge is 2.07. The van der Waals surface area contributed by atoms with Crippen LogP contribution in [0, 0.1) is 0 Å². The van der Waals surface area contributed by atoms with Gasteiger partial charge < -0.3 is 15.5 Å². The highest BCUT2D eigenvalue weighted by Crippen LogP contribution is 2.10. The fourth-order valence-corrected chi connectivity index (χ4v) is 2.07. The third-order valence-electron chi connectivity index (χ3n) is 3.19. The molecule has 0 saturated carbocycles. The lowest BCUT2D eigenvalue weighted by Gasteiger charge is -2.10. The van der Waals surface area contributed by atoms with Crippen molar-refractivity contribution in [1.82, 2.24) is 10.2 Å². The van der Waals surface area contributed by atoms with Gasteiger partial charge in [0.25, 0.3) is 5.91 Å². The van der Waals surface area contributed by atoms with Gasteiger partial charge in [-0.25, -0.2) is 0 Å². The summed E-state index contributed by atoms with van der Waals surface area (Å²) < 4.78 is 0. The quantitative estimate of drug-likeness (QED) is 0.859. The summed E-state index contributed by atoms with van der Waals surface area (Å²) in [6.07, 6.45) is 0. The lowest BCUT2D eigenvalue weighted by Crippen LogP contribution is -2.27. The van der Waals surface area contributed by atoms with Gasteiger partial charge in [-0.3, -0.25) is 9.59 Å². The highest BCUT2D eigenvalue weighted by atomic mass is 16.2. The van der Waals surface area contributed by atoms with Crippen molar-refractivity contribution in [3.05, 3.63) is 65.7 Å². The lowest BCUT2D eigenvalue weighted by molar-refractivity contribution is -0.116. The molecule has 5 heteroatoms. The Kier molecular flexibility index (Phi) is 5.88. The minimum atomic E-state index is -0.139. The van der Waals surface area contributed by atoms with Crippen LogP contribution in [-0.2, 0) is 11.3 Å². The van der Waals surface area contributed by atoms with E-state index < -0.39 is 0 Å². The number of nitrogens with zero attached hydrogens (tertiary/aromatic N) is 1. The average molecular weight is 311 g/mol. The van der Waals surface area contributed by atoms with E-state index in [4.69, 9.17) is 0 Å². The van der Waals surface area contributed by atoms with E-state index in [0.717, 1.165) is 5.56 Å². The zero-order valence-corrected chi connectivity index (χ0v) is 13.4. The van der Waals surface area contributed by atoms with E-state index in [1.54, 1.807) is 29.2 Å². The van der Waals surface area contributed by atoms with Crippen molar-refractivity contribution in [3.63, 3.8) is 0 Å². The number of amides is 2. The Bertz CT molecular complexity index is 652. The standard InChI is InChI=1S/C18H21N3O2/c1-21(2)13-17(22)20-16-10-8-15(9-11-16)18(23)19-12-14-6-4-3-5-7-14/h3-11H,12-13H2,1-2H3,(H,19,23)(H,20,22). The van der Waals surface area contributed by atoms with Gasteiger partial charge in [0.15, 0.2) is 0 Å². The van der Waals surface area contributed by atoms with E-state index in [1.807, 2.05) is 44.4 Å². The lowest BCUT2D eigenvalue weighted by atomic mass is 10.1. The predicted octanol–water partition coefficient (Wildman–Crippen LogP) is 2.12. The van der Waals surface area contributed by atoms with Gasteiger partial charge in [0.1, 0.15) is 0 Å². The van der Waals surface area contributed by atoms with Crippen molar-refractivity contribution in [2.45, 2.75) is 6.54 Å². The number of rotatable bonds is 6. The summed E-state index contributed by atoms with van der Waals surface area (Å²) >= 11 is 0. The molecule has 2 aromatic carbocycles. The summed E-state index contributed by atoms with van der Waals surface area (Å²) in [4.78, 5) is 25.6. The van der Waals surface area contributed by atoms with Crippen LogP contribution in [0.3, 0.4) is 0 Å². The zero-order chi connectivity index (χ0) is 16.7. The second kappa shape index (κ2) is 8.10. The van der Waals surface area contributed by atoms with E-state index in [9.17, 15) is 9.59 Å². The molecule has 0 aromatic heterocycles. The second-order valence-corrected chi connectivity index (χ2v) is 5.53. The van der Waals surface area contributed by atoms with Crippen LogP contribution in [0.4, 0.5) is 5.69 Å². The molecular weight excluding hydrogens is 290 g/mol. The summed E-state index contributed by atoms with van der Waals surface area (Å²) in [6.45, 7) is 0.806. The molecular formula is C18H21N3O2. The SMILES string of the molecule is CN(C)CC(=O)Nc1ccc(C(=O)NCc2ccccc2)cc1. The van der Waals surface area contributed by atoms with Gasteiger partial charge in [-0.2, -0.15) is 0 Å². The molecule has 5 nitrogen and oxygen atoms in total. The largest absolute Gasteiger partial charge is 0.348 e. The predicted molar refractivity (Wildman–Crippen MR) is 91.2 cm³/mol. The normalized spacial score (nSPS) is 10.4. The van der Waals surface area contributed by atoms with Gasteiger partial charge in [0.2, 0.25) is 5.91 Å². The molecule has 0 radical (unpaired) electrons. The third kappa shape index (κ3) is 5.56. The Morgan fingerprint density at radius 3 is 2.22 bits per heavy atom. The van der Waals surface area contributed by atoms with E-state index >= 15 is 0 Å². The maximum absolute atomic E-state index is 12.1. The Labute approximate surface area is 136 Å². The molecule has 0 atom stereocenters. The average Bonchev–Trinajstić information content (AvgIpc) is 2.53. The molecule has 0 unspecified atom stereocenters. The maximum atomic E-state index is 12.1. The number of hydrogen-bond donors (Lipinski definition) is 2. The Morgan fingerprint density at radius 2 is 1.61 bits per heavy atom. The molecule has 2 aromatic rings. The summed E-state index contributed by atoms with van der Waals surface area (Å²) in [5.41, 5.74) is 2.29. The van der Waals surface area contributed by atoms with Gasteiger partial charge >= 0.3 is 0 Å². The van der Waals surface area contributed by atoms with Gasteiger partial charge in [-0.05, 0) is 43.9 Å². The monoisotopic (exact) mass is 311 g/mol. The van der Waals surface area contributed by atoms with E-state index in [-0.39, 0.29) is 11.8 Å². The van der Waals surface area contributed by atoms with Crippen LogP contribution in [0.25, 0.3) is 0 Å². The van der Waals surface area contributed by atoms with Crippen molar-refractivity contribution < 1.29 is 9.59 Å².